The normalized spacial score (nSPS) is 13.8. The predicted octanol–water partition coefficient (Wildman–Crippen LogP) is 3.23. The molecular weight excluding hydrogens is 270 g/mol. The Balaban J connectivity index is 1.76. The molecule has 2 aromatic rings. The van der Waals surface area contributed by atoms with Crippen LogP contribution in [0.25, 0.3) is 0 Å². The lowest BCUT2D eigenvalue weighted by Gasteiger charge is -2.16. The molecule has 0 spiro atoms. The Labute approximate surface area is 122 Å². The maximum Gasteiger partial charge on any atom is 0.257 e. The standard InChI is InChI=1S/C15H17N3OS/c1-2-13-17-18-15(20-13)16-14(19)12-8-7-10-5-3-4-6-11(10)9-12/h7-9H,2-6H2,1H3,(H,16,18,19). The zero-order valence-corrected chi connectivity index (χ0v) is 12.3. The molecule has 0 fully saturated rings. The maximum absolute atomic E-state index is 12.2. The van der Waals surface area contributed by atoms with Crippen molar-refractivity contribution in [1.82, 2.24) is 10.2 Å². The number of hydrogen-bond donors (Lipinski definition) is 1. The summed E-state index contributed by atoms with van der Waals surface area (Å²) >= 11 is 1.43. The summed E-state index contributed by atoms with van der Waals surface area (Å²) in [5, 5.41) is 12.3. The highest BCUT2D eigenvalue weighted by atomic mass is 32.1. The highest BCUT2D eigenvalue weighted by Gasteiger charge is 2.14. The van der Waals surface area contributed by atoms with Crippen LogP contribution in [0.15, 0.2) is 18.2 Å². The number of carbonyl (C=O) groups excluding carboxylic acids is 1. The van der Waals surface area contributed by atoms with Crippen LogP contribution >= 0.6 is 11.3 Å². The second kappa shape index (κ2) is 5.71. The van der Waals surface area contributed by atoms with Crippen LogP contribution in [0.1, 0.15) is 46.3 Å². The van der Waals surface area contributed by atoms with E-state index >= 15 is 0 Å². The van der Waals surface area contributed by atoms with Gasteiger partial charge in [-0.15, -0.1) is 10.2 Å². The lowest BCUT2D eigenvalue weighted by atomic mass is 9.90. The Morgan fingerprint density at radius 3 is 2.80 bits per heavy atom. The van der Waals surface area contributed by atoms with E-state index in [-0.39, 0.29) is 5.91 Å². The van der Waals surface area contributed by atoms with Crippen LogP contribution in [0.3, 0.4) is 0 Å². The Kier molecular flexibility index (Phi) is 3.78. The summed E-state index contributed by atoms with van der Waals surface area (Å²) in [6, 6.07) is 6.01. The van der Waals surface area contributed by atoms with Gasteiger partial charge in [0.2, 0.25) is 5.13 Å². The fourth-order valence-corrected chi connectivity index (χ4v) is 3.17. The summed E-state index contributed by atoms with van der Waals surface area (Å²) in [4.78, 5) is 12.2. The minimum absolute atomic E-state index is 0.0998. The minimum Gasteiger partial charge on any atom is -0.296 e. The molecule has 5 heteroatoms. The van der Waals surface area contributed by atoms with E-state index in [1.54, 1.807) is 0 Å². The van der Waals surface area contributed by atoms with E-state index in [9.17, 15) is 4.79 Å². The van der Waals surface area contributed by atoms with Crippen molar-refractivity contribution in [3.05, 3.63) is 39.9 Å². The number of aryl methyl sites for hydroxylation is 3. The molecular formula is C15H17N3OS. The molecule has 1 N–H and O–H groups in total. The van der Waals surface area contributed by atoms with Gasteiger partial charge >= 0.3 is 0 Å². The van der Waals surface area contributed by atoms with Gasteiger partial charge in [-0.2, -0.15) is 0 Å². The average Bonchev–Trinajstić information content (AvgIpc) is 2.94. The third kappa shape index (κ3) is 2.72. The Morgan fingerprint density at radius 1 is 1.25 bits per heavy atom. The monoisotopic (exact) mass is 287 g/mol. The predicted molar refractivity (Wildman–Crippen MR) is 80.3 cm³/mol. The maximum atomic E-state index is 12.2. The molecule has 3 rings (SSSR count). The van der Waals surface area contributed by atoms with Crippen LogP contribution in [0.5, 0.6) is 0 Å². The zero-order valence-electron chi connectivity index (χ0n) is 11.5. The van der Waals surface area contributed by atoms with E-state index in [2.05, 4.69) is 21.6 Å². The van der Waals surface area contributed by atoms with Crippen molar-refractivity contribution in [1.29, 1.82) is 0 Å². The topological polar surface area (TPSA) is 54.9 Å². The number of benzene rings is 1. The number of nitrogens with one attached hydrogen (secondary N) is 1. The van der Waals surface area contributed by atoms with Crippen LogP contribution in [0.4, 0.5) is 5.13 Å². The van der Waals surface area contributed by atoms with Gasteiger partial charge in [0.15, 0.2) is 0 Å². The number of nitrogens with zero attached hydrogens (tertiary/aromatic N) is 2. The average molecular weight is 287 g/mol. The van der Waals surface area contributed by atoms with Gasteiger partial charge in [-0.3, -0.25) is 10.1 Å². The van der Waals surface area contributed by atoms with Gasteiger partial charge in [-0.25, -0.2) is 0 Å². The van der Waals surface area contributed by atoms with E-state index in [0.29, 0.717) is 10.7 Å². The first-order chi connectivity index (χ1) is 9.76. The van der Waals surface area contributed by atoms with Gasteiger partial charge < -0.3 is 0 Å². The van der Waals surface area contributed by atoms with Crippen molar-refractivity contribution in [2.45, 2.75) is 39.0 Å². The molecule has 1 aromatic heterocycles. The van der Waals surface area contributed by atoms with E-state index in [1.165, 1.54) is 35.3 Å². The molecule has 104 valence electrons. The summed E-state index contributed by atoms with van der Waals surface area (Å²) in [6.07, 6.45) is 5.52. The Hall–Kier alpha value is -1.75. The zero-order chi connectivity index (χ0) is 13.9. The largest absolute Gasteiger partial charge is 0.296 e. The number of aromatic nitrogens is 2. The highest BCUT2D eigenvalue weighted by Crippen LogP contribution is 2.23. The van der Waals surface area contributed by atoms with Gasteiger partial charge in [0.1, 0.15) is 5.01 Å². The molecule has 20 heavy (non-hydrogen) atoms. The molecule has 0 radical (unpaired) electrons. The fourth-order valence-electron chi connectivity index (χ4n) is 2.49. The van der Waals surface area contributed by atoms with Crippen LogP contribution < -0.4 is 5.32 Å². The van der Waals surface area contributed by atoms with Crippen LogP contribution in [-0.4, -0.2) is 16.1 Å². The van der Waals surface area contributed by atoms with Crippen molar-refractivity contribution >= 4 is 22.4 Å². The summed E-state index contributed by atoms with van der Waals surface area (Å²) in [5.41, 5.74) is 3.41. The number of hydrogen-bond acceptors (Lipinski definition) is 4. The Bertz CT molecular complexity index is 636. The van der Waals surface area contributed by atoms with Gasteiger partial charge in [0.05, 0.1) is 0 Å². The van der Waals surface area contributed by atoms with Crippen molar-refractivity contribution in [3.8, 4) is 0 Å². The van der Waals surface area contributed by atoms with Gasteiger partial charge in [-0.1, -0.05) is 24.3 Å². The molecule has 0 atom stereocenters. The lowest BCUT2D eigenvalue weighted by molar-refractivity contribution is 0.102. The van der Waals surface area contributed by atoms with E-state index < -0.39 is 0 Å². The molecule has 0 bridgehead atoms. The molecule has 1 aliphatic rings. The Morgan fingerprint density at radius 2 is 2.05 bits per heavy atom. The van der Waals surface area contributed by atoms with E-state index in [0.717, 1.165) is 24.3 Å². The fraction of sp³-hybridized carbons (Fsp3) is 0.400. The van der Waals surface area contributed by atoms with E-state index in [1.807, 2.05) is 19.1 Å². The van der Waals surface area contributed by atoms with Gasteiger partial charge in [-0.05, 0) is 55.4 Å². The summed E-state index contributed by atoms with van der Waals surface area (Å²) < 4.78 is 0. The van der Waals surface area contributed by atoms with Gasteiger partial charge in [0.25, 0.3) is 5.91 Å². The second-order valence-corrected chi connectivity index (χ2v) is 6.06. The molecule has 0 aliphatic heterocycles. The number of amides is 1. The number of rotatable bonds is 3. The van der Waals surface area contributed by atoms with Crippen LogP contribution in [-0.2, 0) is 19.3 Å². The molecule has 1 aliphatic carbocycles. The number of fused-ring (bicyclic) bond motifs is 1. The van der Waals surface area contributed by atoms with Crippen molar-refractivity contribution < 1.29 is 4.79 Å². The molecule has 1 aromatic carbocycles. The molecule has 1 heterocycles. The summed E-state index contributed by atoms with van der Waals surface area (Å²) in [7, 11) is 0. The molecule has 0 saturated carbocycles. The first-order valence-corrected chi connectivity index (χ1v) is 7.83. The first-order valence-electron chi connectivity index (χ1n) is 7.02. The second-order valence-electron chi connectivity index (χ2n) is 5.00. The van der Waals surface area contributed by atoms with Crippen molar-refractivity contribution in [3.63, 3.8) is 0 Å². The summed E-state index contributed by atoms with van der Waals surface area (Å²) in [6.45, 7) is 2.02. The molecule has 4 nitrogen and oxygen atoms in total. The molecule has 1 amide bonds. The third-order valence-corrected chi connectivity index (χ3v) is 4.58. The lowest BCUT2D eigenvalue weighted by Crippen LogP contribution is -2.13. The van der Waals surface area contributed by atoms with E-state index in [4.69, 9.17) is 0 Å². The summed E-state index contributed by atoms with van der Waals surface area (Å²) in [5.74, 6) is -0.0998. The third-order valence-electron chi connectivity index (χ3n) is 3.60. The van der Waals surface area contributed by atoms with Crippen molar-refractivity contribution in [2.24, 2.45) is 0 Å². The highest BCUT2D eigenvalue weighted by molar-refractivity contribution is 7.15. The SMILES string of the molecule is CCc1nnc(NC(=O)c2ccc3c(c2)CCCC3)s1. The number of carbonyl (C=O) groups is 1. The number of anilines is 1. The van der Waals surface area contributed by atoms with Crippen molar-refractivity contribution in [2.75, 3.05) is 5.32 Å². The first kappa shape index (κ1) is 13.2. The quantitative estimate of drug-likeness (QED) is 0.943. The smallest absolute Gasteiger partial charge is 0.257 e. The minimum atomic E-state index is -0.0998. The van der Waals surface area contributed by atoms with Gasteiger partial charge in [0, 0.05) is 5.56 Å². The van der Waals surface area contributed by atoms with Crippen LogP contribution in [0.2, 0.25) is 0 Å². The molecule has 0 unspecified atom stereocenters. The van der Waals surface area contributed by atoms with Crippen LogP contribution in [0, 0.1) is 0 Å². The molecule has 0 saturated heterocycles.